The number of amides is 2. The van der Waals surface area contributed by atoms with Gasteiger partial charge in [0.05, 0.1) is 11.8 Å². The van der Waals surface area contributed by atoms with Crippen LogP contribution in [0.5, 0.6) is 0 Å². The van der Waals surface area contributed by atoms with E-state index in [4.69, 9.17) is 11.1 Å². The minimum Gasteiger partial charge on any atom is -0.390 e. The maximum absolute atomic E-state index is 13.6. The molecule has 2 aromatic carbocycles. The second-order valence-electron chi connectivity index (χ2n) is 10.00. The highest BCUT2D eigenvalue weighted by molar-refractivity contribution is 7.88. The molecule has 0 unspecified atom stereocenters. The van der Waals surface area contributed by atoms with E-state index in [2.05, 4.69) is 15.0 Å². The Hall–Kier alpha value is -4.14. The molecule has 2 fully saturated rings. The van der Waals surface area contributed by atoms with E-state index in [1.807, 2.05) is 0 Å². The average Bonchev–Trinajstić information content (AvgIpc) is 3.38. The SMILES string of the molecule is CC(=O)OC(=O)c1ccc(NC(=O)[C@@H]2C[C@H](N3CCN(S(C)(=O)=O)CC3)CN2C(=O)c2ccc(C(=N)N)cc2)cc1. The maximum atomic E-state index is 13.6. The molecule has 0 bridgehead atoms. The van der Waals surface area contributed by atoms with Crippen molar-refractivity contribution in [1.82, 2.24) is 14.1 Å². The van der Waals surface area contributed by atoms with Gasteiger partial charge in [-0.15, -0.1) is 0 Å². The minimum absolute atomic E-state index is 0.128. The molecular formula is C27H32N6O7S. The highest BCUT2D eigenvalue weighted by Crippen LogP contribution is 2.27. The number of anilines is 1. The van der Waals surface area contributed by atoms with E-state index in [0.29, 0.717) is 49.4 Å². The first-order valence-electron chi connectivity index (χ1n) is 12.9. The third-order valence-corrected chi connectivity index (χ3v) is 8.47. The molecule has 2 aliphatic rings. The molecule has 4 rings (SSSR count). The van der Waals surface area contributed by atoms with Crippen LogP contribution in [-0.4, -0.2) is 103 Å². The first-order chi connectivity index (χ1) is 19.3. The summed E-state index contributed by atoms with van der Waals surface area (Å²) in [6.07, 6.45) is 1.51. The van der Waals surface area contributed by atoms with Crippen LogP contribution in [-0.2, 0) is 24.3 Å². The van der Waals surface area contributed by atoms with Gasteiger partial charge in [0.15, 0.2) is 0 Å². The lowest BCUT2D eigenvalue weighted by molar-refractivity contribution is -0.135. The van der Waals surface area contributed by atoms with Gasteiger partial charge in [0.25, 0.3) is 5.91 Å². The van der Waals surface area contributed by atoms with Gasteiger partial charge in [-0.3, -0.25) is 24.7 Å². The summed E-state index contributed by atoms with van der Waals surface area (Å²) in [6.45, 7) is 2.98. The topological polar surface area (TPSA) is 183 Å². The fourth-order valence-electron chi connectivity index (χ4n) is 5.01. The Kier molecular flexibility index (Phi) is 8.85. The molecule has 14 heteroatoms. The van der Waals surface area contributed by atoms with E-state index in [1.165, 1.54) is 39.7 Å². The predicted molar refractivity (Wildman–Crippen MR) is 150 cm³/mol. The summed E-state index contributed by atoms with van der Waals surface area (Å²) in [6, 6.07) is 11.1. The minimum atomic E-state index is -3.31. The third-order valence-electron chi connectivity index (χ3n) is 7.17. The van der Waals surface area contributed by atoms with Gasteiger partial charge < -0.3 is 20.7 Å². The summed E-state index contributed by atoms with van der Waals surface area (Å²) in [5.74, 6) is -2.45. The van der Waals surface area contributed by atoms with Crippen LogP contribution in [0.15, 0.2) is 48.5 Å². The van der Waals surface area contributed by atoms with Crippen molar-refractivity contribution in [2.45, 2.75) is 25.4 Å². The molecule has 41 heavy (non-hydrogen) atoms. The van der Waals surface area contributed by atoms with Gasteiger partial charge in [0.2, 0.25) is 15.9 Å². The summed E-state index contributed by atoms with van der Waals surface area (Å²) in [4.78, 5) is 53.7. The van der Waals surface area contributed by atoms with Crippen LogP contribution in [0.3, 0.4) is 0 Å². The van der Waals surface area contributed by atoms with Crippen molar-refractivity contribution in [2.24, 2.45) is 5.73 Å². The van der Waals surface area contributed by atoms with E-state index in [-0.39, 0.29) is 29.9 Å². The number of nitrogens with zero attached hydrogens (tertiary/aromatic N) is 3. The Balaban J connectivity index is 1.52. The molecule has 0 spiro atoms. The lowest BCUT2D eigenvalue weighted by Crippen LogP contribution is -2.52. The van der Waals surface area contributed by atoms with Crippen LogP contribution >= 0.6 is 0 Å². The summed E-state index contributed by atoms with van der Waals surface area (Å²) in [7, 11) is -3.31. The second-order valence-corrected chi connectivity index (χ2v) is 12.0. The van der Waals surface area contributed by atoms with Crippen molar-refractivity contribution in [2.75, 3.05) is 44.3 Å². The number of likely N-dealkylation sites (tertiary alicyclic amines) is 1. The van der Waals surface area contributed by atoms with Crippen molar-refractivity contribution in [3.63, 3.8) is 0 Å². The van der Waals surface area contributed by atoms with Crippen LogP contribution in [0.2, 0.25) is 0 Å². The Morgan fingerprint density at radius 1 is 0.927 bits per heavy atom. The first-order valence-corrected chi connectivity index (χ1v) is 14.8. The van der Waals surface area contributed by atoms with E-state index in [0.717, 1.165) is 6.92 Å². The standard InChI is InChI=1S/C27H32N6O7S/c1-17(34)40-27(37)20-7-9-21(10-8-20)30-25(35)23-15-22(31-11-13-32(14-12-31)41(2,38)39)16-33(23)26(36)19-5-3-18(4-6-19)24(28)29/h3-10,22-23H,11-16H2,1-2H3,(H3,28,29)(H,30,35)/t22-,23-/m0/s1. The number of nitrogens with one attached hydrogen (secondary N) is 2. The van der Waals surface area contributed by atoms with Crippen LogP contribution in [0.4, 0.5) is 5.69 Å². The number of nitrogen functional groups attached to an aromatic ring is 1. The zero-order valence-corrected chi connectivity index (χ0v) is 23.5. The van der Waals surface area contributed by atoms with E-state index in [1.54, 1.807) is 24.3 Å². The Morgan fingerprint density at radius 3 is 2.02 bits per heavy atom. The predicted octanol–water partition coefficient (Wildman–Crippen LogP) is 0.473. The monoisotopic (exact) mass is 584 g/mol. The number of amidine groups is 1. The molecule has 218 valence electrons. The summed E-state index contributed by atoms with van der Waals surface area (Å²) >= 11 is 0. The van der Waals surface area contributed by atoms with Gasteiger partial charge in [-0.25, -0.2) is 13.2 Å². The third kappa shape index (κ3) is 7.14. The molecule has 0 aromatic heterocycles. The van der Waals surface area contributed by atoms with Crippen LogP contribution in [0, 0.1) is 5.41 Å². The Morgan fingerprint density at radius 2 is 1.49 bits per heavy atom. The zero-order chi connectivity index (χ0) is 29.9. The van der Waals surface area contributed by atoms with Gasteiger partial charge in [-0.05, 0) is 42.8 Å². The lowest BCUT2D eigenvalue weighted by Gasteiger charge is -2.36. The van der Waals surface area contributed by atoms with Crippen molar-refractivity contribution in [3.8, 4) is 0 Å². The molecule has 0 aliphatic carbocycles. The van der Waals surface area contributed by atoms with Gasteiger partial charge >= 0.3 is 11.9 Å². The van der Waals surface area contributed by atoms with E-state index >= 15 is 0 Å². The number of carbonyl (C=O) groups is 4. The van der Waals surface area contributed by atoms with Crippen LogP contribution in [0.1, 0.15) is 39.6 Å². The smallest absolute Gasteiger partial charge is 0.345 e. The molecule has 2 aromatic rings. The van der Waals surface area contributed by atoms with Crippen molar-refractivity contribution < 1.29 is 32.3 Å². The Bertz CT molecular complexity index is 1450. The number of carbonyl (C=O) groups excluding carboxylic acids is 4. The Labute approximate surface area is 237 Å². The molecule has 13 nitrogen and oxygen atoms in total. The van der Waals surface area contributed by atoms with Gasteiger partial charge in [0, 0.05) is 62.5 Å². The number of hydrogen-bond acceptors (Lipinski definition) is 9. The van der Waals surface area contributed by atoms with Crippen molar-refractivity contribution >= 4 is 45.3 Å². The first kappa shape index (κ1) is 29.8. The highest BCUT2D eigenvalue weighted by Gasteiger charge is 2.43. The number of hydrogen-bond donors (Lipinski definition) is 3. The van der Waals surface area contributed by atoms with Crippen molar-refractivity contribution in [1.29, 1.82) is 5.41 Å². The van der Waals surface area contributed by atoms with E-state index in [9.17, 15) is 27.6 Å². The summed E-state index contributed by atoms with van der Waals surface area (Å²) < 4.78 is 29.9. The zero-order valence-electron chi connectivity index (χ0n) is 22.7. The molecule has 2 atom stereocenters. The van der Waals surface area contributed by atoms with Crippen LogP contribution in [0.25, 0.3) is 0 Å². The fraction of sp³-hybridized carbons (Fsp3) is 0.370. The number of sulfonamides is 1. The second kappa shape index (κ2) is 12.2. The molecule has 2 aliphatic heterocycles. The maximum Gasteiger partial charge on any atom is 0.345 e. The largest absolute Gasteiger partial charge is 0.390 e. The quantitative estimate of drug-likeness (QED) is 0.180. The highest BCUT2D eigenvalue weighted by atomic mass is 32.2. The summed E-state index contributed by atoms with van der Waals surface area (Å²) in [5, 5.41) is 10.4. The normalized spacial score (nSPS) is 19.9. The lowest BCUT2D eigenvalue weighted by atomic mass is 10.1. The fourth-order valence-corrected chi connectivity index (χ4v) is 5.84. The summed E-state index contributed by atoms with van der Waals surface area (Å²) in [5.41, 5.74) is 6.86. The number of nitrogens with two attached hydrogens (primary N) is 1. The molecule has 2 saturated heterocycles. The molecular weight excluding hydrogens is 552 g/mol. The molecule has 4 N–H and O–H groups in total. The van der Waals surface area contributed by atoms with Crippen molar-refractivity contribution in [3.05, 3.63) is 65.2 Å². The molecule has 0 saturated carbocycles. The van der Waals surface area contributed by atoms with Crippen LogP contribution < -0.4 is 11.1 Å². The number of benzene rings is 2. The van der Waals surface area contributed by atoms with Gasteiger partial charge in [-0.1, -0.05) is 12.1 Å². The number of piperazine rings is 1. The van der Waals surface area contributed by atoms with Gasteiger partial charge in [0.1, 0.15) is 11.9 Å². The van der Waals surface area contributed by atoms with E-state index < -0.39 is 33.9 Å². The number of ether oxygens (including phenoxy) is 1. The molecule has 0 radical (unpaired) electrons. The van der Waals surface area contributed by atoms with Gasteiger partial charge in [-0.2, -0.15) is 4.31 Å². The molecule has 2 amide bonds. The number of rotatable bonds is 7. The molecule has 2 heterocycles. The number of esters is 2. The average molecular weight is 585 g/mol.